The quantitative estimate of drug-likeness (QED) is 0.750. The van der Waals surface area contributed by atoms with Crippen molar-refractivity contribution in [3.05, 3.63) is 35.4 Å². The molecule has 0 unspecified atom stereocenters. The van der Waals surface area contributed by atoms with Crippen molar-refractivity contribution in [1.29, 1.82) is 0 Å². The number of halogens is 3. The van der Waals surface area contributed by atoms with Crippen molar-refractivity contribution in [3.8, 4) is 0 Å². The molecule has 0 bridgehead atoms. The number of carbonyl (C=O) groups excluding carboxylic acids is 2. The number of carbonyl (C=O) groups is 2. The average Bonchev–Trinajstić information content (AvgIpc) is 2.48. The van der Waals surface area contributed by atoms with Gasteiger partial charge in [-0.3, -0.25) is 9.59 Å². The van der Waals surface area contributed by atoms with Crippen LogP contribution in [0, 0.1) is 0 Å². The third kappa shape index (κ3) is 5.72. The molecule has 0 heterocycles. The van der Waals surface area contributed by atoms with Crippen molar-refractivity contribution in [2.24, 2.45) is 0 Å². The second-order valence-electron chi connectivity index (χ2n) is 4.39. The van der Waals surface area contributed by atoms with Crippen molar-refractivity contribution >= 4 is 11.8 Å². The maximum Gasteiger partial charge on any atom is 0.417 e. The Hall–Kier alpha value is -2.09. The minimum absolute atomic E-state index is 0.0315. The molecule has 1 aromatic carbocycles. The zero-order valence-electron chi connectivity index (χ0n) is 12.0. The van der Waals surface area contributed by atoms with Gasteiger partial charge in [0.2, 0.25) is 5.91 Å². The molecule has 0 aromatic heterocycles. The summed E-state index contributed by atoms with van der Waals surface area (Å²) in [6.45, 7) is 0.434. The largest absolute Gasteiger partial charge is 0.417 e. The molecule has 0 radical (unpaired) electrons. The van der Waals surface area contributed by atoms with E-state index >= 15 is 0 Å². The van der Waals surface area contributed by atoms with Gasteiger partial charge in [-0.05, 0) is 12.1 Å². The predicted octanol–water partition coefficient (Wildman–Crippen LogP) is 1.59. The number of hydrogen-bond acceptors (Lipinski definition) is 3. The van der Waals surface area contributed by atoms with Gasteiger partial charge in [0.25, 0.3) is 5.91 Å². The Balaban J connectivity index is 2.49. The van der Waals surface area contributed by atoms with Crippen LogP contribution in [0.1, 0.15) is 22.3 Å². The van der Waals surface area contributed by atoms with Crippen LogP contribution in [0.2, 0.25) is 0 Å². The Bertz CT molecular complexity index is 518. The molecule has 0 aliphatic heterocycles. The normalized spacial score (nSPS) is 11.1. The Morgan fingerprint density at radius 1 is 1.14 bits per heavy atom. The maximum absolute atomic E-state index is 12.8. The molecular weight excluding hydrogens is 301 g/mol. The van der Waals surface area contributed by atoms with E-state index in [1.165, 1.54) is 19.2 Å². The minimum atomic E-state index is -4.59. The van der Waals surface area contributed by atoms with Crippen molar-refractivity contribution in [1.82, 2.24) is 10.6 Å². The Labute approximate surface area is 125 Å². The Morgan fingerprint density at radius 2 is 1.77 bits per heavy atom. The average molecular weight is 318 g/mol. The fraction of sp³-hybridized carbons (Fsp3) is 0.429. The van der Waals surface area contributed by atoms with Crippen LogP contribution in [0.25, 0.3) is 0 Å². The summed E-state index contributed by atoms with van der Waals surface area (Å²) in [4.78, 5) is 23.0. The van der Waals surface area contributed by atoms with E-state index < -0.39 is 23.2 Å². The van der Waals surface area contributed by atoms with Gasteiger partial charge in [-0.15, -0.1) is 0 Å². The van der Waals surface area contributed by atoms with E-state index in [0.29, 0.717) is 0 Å². The van der Waals surface area contributed by atoms with Gasteiger partial charge < -0.3 is 15.4 Å². The van der Waals surface area contributed by atoms with E-state index in [0.717, 1.165) is 12.1 Å². The summed E-state index contributed by atoms with van der Waals surface area (Å²) in [5.41, 5.74) is -1.43. The highest BCUT2D eigenvalue weighted by molar-refractivity contribution is 5.95. The van der Waals surface area contributed by atoms with Crippen LogP contribution in [0.3, 0.4) is 0 Å². The van der Waals surface area contributed by atoms with Gasteiger partial charge in [-0.25, -0.2) is 0 Å². The summed E-state index contributed by atoms with van der Waals surface area (Å²) in [7, 11) is 1.46. The topological polar surface area (TPSA) is 67.4 Å². The van der Waals surface area contributed by atoms with Gasteiger partial charge >= 0.3 is 6.18 Å². The molecule has 22 heavy (non-hydrogen) atoms. The first-order chi connectivity index (χ1) is 10.4. The number of benzene rings is 1. The fourth-order valence-corrected chi connectivity index (χ4v) is 1.68. The van der Waals surface area contributed by atoms with Gasteiger partial charge in [-0.2, -0.15) is 13.2 Å². The molecule has 0 saturated carbocycles. The van der Waals surface area contributed by atoms with Crippen LogP contribution in [-0.4, -0.2) is 38.6 Å². The van der Waals surface area contributed by atoms with E-state index in [1.54, 1.807) is 0 Å². The minimum Gasteiger partial charge on any atom is -0.384 e. The molecule has 0 saturated heterocycles. The summed E-state index contributed by atoms with van der Waals surface area (Å²) >= 11 is 0. The lowest BCUT2D eigenvalue weighted by Gasteiger charge is -2.12. The van der Waals surface area contributed by atoms with Crippen molar-refractivity contribution in [2.45, 2.75) is 12.6 Å². The lowest BCUT2D eigenvalue weighted by Crippen LogP contribution is -2.35. The molecular formula is C14H17F3N2O3. The molecule has 5 nitrogen and oxygen atoms in total. The zero-order valence-corrected chi connectivity index (χ0v) is 12.0. The molecule has 2 amide bonds. The van der Waals surface area contributed by atoms with Gasteiger partial charge in [0.05, 0.1) is 17.7 Å². The molecule has 0 spiro atoms. The SMILES string of the molecule is COCCC(=O)NCCNC(=O)c1ccccc1C(F)(F)F. The van der Waals surface area contributed by atoms with Crippen LogP contribution in [-0.2, 0) is 15.7 Å². The van der Waals surface area contributed by atoms with Crippen LogP contribution < -0.4 is 10.6 Å². The highest BCUT2D eigenvalue weighted by Crippen LogP contribution is 2.31. The first-order valence-corrected chi connectivity index (χ1v) is 6.56. The molecule has 0 aliphatic carbocycles. The smallest absolute Gasteiger partial charge is 0.384 e. The number of alkyl halides is 3. The second-order valence-corrected chi connectivity index (χ2v) is 4.39. The molecule has 0 fully saturated rings. The molecule has 1 rings (SSSR count). The third-order valence-electron chi connectivity index (χ3n) is 2.74. The molecule has 1 aromatic rings. The van der Waals surface area contributed by atoms with E-state index in [-0.39, 0.29) is 32.0 Å². The van der Waals surface area contributed by atoms with Gasteiger partial charge in [0, 0.05) is 26.6 Å². The first kappa shape index (κ1) is 18.0. The van der Waals surface area contributed by atoms with E-state index in [4.69, 9.17) is 4.74 Å². The number of methoxy groups -OCH3 is 1. The molecule has 122 valence electrons. The summed E-state index contributed by atoms with van der Waals surface area (Å²) in [5, 5.41) is 4.85. The maximum atomic E-state index is 12.8. The number of ether oxygens (including phenoxy) is 1. The molecule has 0 aliphatic rings. The van der Waals surface area contributed by atoms with Gasteiger partial charge in [0.1, 0.15) is 0 Å². The van der Waals surface area contributed by atoms with Crippen molar-refractivity contribution in [2.75, 3.05) is 26.8 Å². The Kier molecular flexibility index (Phi) is 6.84. The van der Waals surface area contributed by atoms with Crippen LogP contribution in [0.4, 0.5) is 13.2 Å². The lowest BCUT2D eigenvalue weighted by atomic mass is 10.1. The summed E-state index contributed by atoms with van der Waals surface area (Å²) in [5.74, 6) is -1.09. The van der Waals surface area contributed by atoms with Gasteiger partial charge in [-0.1, -0.05) is 12.1 Å². The lowest BCUT2D eigenvalue weighted by molar-refractivity contribution is -0.138. The molecule has 2 N–H and O–H groups in total. The summed E-state index contributed by atoms with van der Waals surface area (Å²) in [6, 6.07) is 4.53. The third-order valence-corrected chi connectivity index (χ3v) is 2.74. The monoisotopic (exact) mass is 318 g/mol. The van der Waals surface area contributed by atoms with Gasteiger partial charge in [0.15, 0.2) is 0 Å². The predicted molar refractivity (Wildman–Crippen MR) is 73.3 cm³/mol. The second kappa shape index (κ2) is 8.38. The van der Waals surface area contributed by atoms with E-state index in [2.05, 4.69) is 10.6 Å². The van der Waals surface area contributed by atoms with Crippen LogP contribution in [0.15, 0.2) is 24.3 Å². The summed E-state index contributed by atoms with van der Waals surface area (Å²) < 4.78 is 43.0. The number of hydrogen-bond donors (Lipinski definition) is 2. The van der Waals surface area contributed by atoms with E-state index in [1.807, 2.05) is 0 Å². The standard InChI is InChI=1S/C14H17F3N2O3/c1-22-9-6-12(20)18-7-8-19-13(21)10-4-2-3-5-11(10)14(15,16)17/h2-5H,6-9H2,1H3,(H,18,20)(H,19,21). The number of nitrogens with one attached hydrogen (secondary N) is 2. The zero-order chi connectivity index (χ0) is 16.6. The van der Waals surface area contributed by atoms with E-state index in [9.17, 15) is 22.8 Å². The Morgan fingerprint density at radius 3 is 2.41 bits per heavy atom. The fourth-order valence-electron chi connectivity index (χ4n) is 1.68. The van der Waals surface area contributed by atoms with Crippen LogP contribution in [0.5, 0.6) is 0 Å². The highest BCUT2D eigenvalue weighted by Gasteiger charge is 2.34. The molecule has 0 atom stereocenters. The van der Waals surface area contributed by atoms with Crippen molar-refractivity contribution < 1.29 is 27.5 Å². The van der Waals surface area contributed by atoms with Crippen molar-refractivity contribution in [3.63, 3.8) is 0 Å². The number of rotatable bonds is 7. The molecule has 8 heteroatoms. The first-order valence-electron chi connectivity index (χ1n) is 6.56. The summed E-state index contributed by atoms with van der Waals surface area (Å²) in [6.07, 6.45) is -4.41. The number of amides is 2. The highest BCUT2D eigenvalue weighted by atomic mass is 19.4. The van der Waals surface area contributed by atoms with Crippen LogP contribution >= 0.6 is 0 Å².